The molecule has 7 heteroatoms. The van der Waals surface area contributed by atoms with Crippen molar-refractivity contribution in [1.82, 2.24) is 15.2 Å². The van der Waals surface area contributed by atoms with Gasteiger partial charge in [-0.2, -0.15) is 0 Å². The molecule has 2 heterocycles. The monoisotopic (exact) mass is 328 g/mol. The fourth-order valence-electron chi connectivity index (χ4n) is 1.99. The number of anilines is 2. The summed E-state index contributed by atoms with van der Waals surface area (Å²) in [5.41, 5.74) is 0.821. The van der Waals surface area contributed by atoms with Gasteiger partial charge in [0.15, 0.2) is 5.69 Å². The van der Waals surface area contributed by atoms with Crippen molar-refractivity contribution < 1.29 is 4.74 Å². The third kappa shape index (κ3) is 3.75. The van der Waals surface area contributed by atoms with E-state index in [0.29, 0.717) is 18.2 Å². The molecule has 118 valence electrons. The molecule has 0 saturated heterocycles. The summed E-state index contributed by atoms with van der Waals surface area (Å²) < 4.78 is 5.58. The SMILES string of the molecule is CCCOc1cccc(Nc2nnc(-c3cccs3)c(=O)[nH]2)c1. The lowest BCUT2D eigenvalue weighted by molar-refractivity contribution is 0.317. The number of hydrogen-bond acceptors (Lipinski definition) is 6. The minimum atomic E-state index is -0.275. The molecule has 3 rings (SSSR count). The van der Waals surface area contributed by atoms with Crippen molar-refractivity contribution >= 4 is 23.0 Å². The zero-order chi connectivity index (χ0) is 16.1. The number of benzene rings is 1. The first-order valence-electron chi connectivity index (χ1n) is 7.27. The zero-order valence-electron chi connectivity index (χ0n) is 12.6. The molecule has 0 radical (unpaired) electrons. The summed E-state index contributed by atoms with van der Waals surface area (Å²) >= 11 is 1.45. The van der Waals surface area contributed by atoms with Gasteiger partial charge in [0.25, 0.3) is 5.56 Å². The van der Waals surface area contributed by atoms with E-state index in [1.54, 1.807) is 0 Å². The quantitative estimate of drug-likeness (QED) is 0.725. The van der Waals surface area contributed by atoms with Gasteiger partial charge in [0, 0.05) is 11.8 Å². The van der Waals surface area contributed by atoms with Gasteiger partial charge in [0.2, 0.25) is 5.95 Å². The highest BCUT2D eigenvalue weighted by Crippen LogP contribution is 2.21. The molecule has 2 N–H and O–H groups in total. The first-order chi connectivity index (χ1) is 11.3. The highest BCUT2D eigenvalue weighted by molar-refractivity contribution is 7.13. The lowest BCUT2D eigenvalue weighted by atomic mass is 10.3. The first kappa shape index (κ1) is 15.2. The van der Waals surface area contributed by atoms with Crippen LogP contribution in [0, 0.1) is 0 Å². The molecule has 2 aromatic heterocycles. The second kappa shape index (κ2) is 7.06. The predicted octanol–water partition coefficient (Wildman–Crippen LogP) is 3.43. The summed E-state index contributed by atoms with van der Waals surface area (Å²) in [6, 6.07) is 11.2. The van der Waals surface area contributed by atoms with Crippen molar-refractivity contribution in [1.29, 1.82) is 0 Å². The molecule has 0 saturated carbocycles. The minimum Gasteiger partial charge on any atom is -0.494 e. The number of rotatable bonds is 6. The van der Waals surface area contributed by atoms with Crippen molar-refractivity contribution in [2.24, 2.45) is 0 Å². The van der Waals surface area contributed by atoms with Crippen LogP contribution in [-0.4, -0.2) is 21.8 Å². The largest absolute Gasteiger partial charge is 0.494 e. The summed E-state index contributed by atoms with van der Waals surface area (Å²) in [5, 5.41) is 13.0. The maximum absolute atomic E-state index is 12.1. The van der Waals surface area contributed by atoms with E-state index in [1.807, 2.05) is 41.8 Å². The van der Waals surface area contributed by atoms with Crippen molar-refractivity contribution in [3.05, 3.63) is 52.1 Å². The Hall–Kier alpha value is -2.67. The number of aromatic nitrogens is 3. The number of ether oxygens (including phenoxy) is 1. The van der Waals surface area contributed by atoms with Crippen LogP contribution < -0.4 is 15.6 Å². The van der Waals surface area contributed by atoms with E-state index >= 15 is 0 Å². The van der Waals surface area contributed by atoms with E-state index in [0.717, 1.165) is 22.7 Å². The van der Waals surface area contributed by atoms with Crippen LogP contribution in [0.1, 0.15) is 13.3 Å². The number of thiophene rings is 1. The van der Waals surface area contributed by atoms with Gasteiger partial charge < -0.3 is 10.1 Å². The number of aromatic amines is 1. The average molecular weight is 328 g/mol. The highest BCUT2D eigenvalue weighted by atomic mass is 32.1. The van der Waals surface area contributed by atoms with Gasteiger partial charge in [-0.1, -0.05) is 19.1 Å². The predicted molar refractivity (Wildman–Crippen MR) is 91.5 cm³/mol. The number of nitrogens with one attached hydrogen (secondary N) is 2. The average Bonchev–Trinajstić information content (AvgIpc) is 3.07. The molecule has 6 nitrogen and oxygen atoms in total. The van der Waals surface area contributed by atoms with Gasteiger partial charge in [-0.15, -0.1) is 21.5 Å². The third-order valence-electron chi connectivity index (χ3n) is 3.02. The standard InChI is InChI=1S/C16H16N4O2S/c1-2-8-22-12-6-3-5-11(10-12)17-16-18-15(21)14(19-20-16)13-7-4-9-23-13/h3-7,9-10H,2,8H2,1H3,(H2,17,18,20,21). The van der Waals surface area contributed by atoms with Gasteiger partial charge in [-0.25, -0.2) is 0 Å². The molecule has 0 fully saturated rings. The Bertz CT molecular complexity index is 830. The molecule has 0 aliphatic heterocycles. The van der Waals surface area contributed by atoms with E-state index in [4.69, 9.17) is 4.74 Å². The van der Waals surface area contributed by atoms with Crippen LogP contribution in [0.5, 0.6) is 5.75 Å². The van der Waals surface area contributed by atoms with E-state index in [2.05, 4.69) is 27.4 Å². The smallest absolute Gasteiger partial charge is 0.280 e. The highest BCUT2D eigenvalue weighted by Gasteiger charge is 2.08. The van der Waals surface area contributed by atoms with Crippen LogP contribution in [0.3, 0.4) is 0 Å². The van der Waals surface area contributed by atoms with Crippen molar-refractivity contribution in [3.63, 3.8) is 0 Å². The number of nitrogens with zero attached hydrogens (tertiary/aromatic N) is 2. The number of hydrogen-bond donors (Lipinski definition) is 2. The molecule has 1 aromatic carbocycles. The molecule has 0 aliphatic carbocycles. The van der Waals surface area contributed by atoms with Crippen LogP contribution in [-0.2, 0) is 0 Å². The summed E-state index contributed by atoms with van der Waals surface area (Å²) in [6.45, 7) is 2.72. The van der Waals surface area contributed by atoms with Crippen LogP contribution >= 0.6 is 11.3 Å². The van der Waals surface area contributed by atoms with Gasteiger partial charge in [0.1, 0.15) is 5.75 Å². The van der Waals surface area contributed by atoms with E-state index in [9.17, 15) is 4.79 Å². The maximum atomic E-state index is 12.1. The summed E-state index contributed by atoms with van der Waals surface area (Å²) in [4.78, 5) is 15.6. The van der Waals surface area contributed by atoms with Crippen molar-refractivity contribution in [2.45, 2.75) is 13.3 Å². The Labute approximate surface area is 137 Å². The van der Waals surface area contributed by atoms with Crippen LogP contribution in [0.4, 0.5) is 11.6 Å². The van der Waals surface area contributed by atoms with Gasteiger partial charge in [-0.3, -0.25) is 9.78 Å². The van der Waals surface area contributed by atoms with Crippen LogP contribution in [0.2, 0.25) is 0 Å². The van der Waals surface area contributed by atoms with E-state index in [1.165, 1.54) is 11.3 Å². The fraction of sp³-hybridized carbons (Fsp3) is 0.188. The summed E-state index contributed by atoms with van der Waals surface area (Å²) in [5.74, 6) is 1.06. The van der Waals surface area contributed by atoms with Crippen molar-refractivity contribution in [2.75, 3.05) is 11.9 Å². The van der Waals surface area contributed by atoms with E-state index < -0.39 is 0 Å². The second-order valence-electron chi connectivity index (χ2n) is 4.83. The van der Waals surface area contributed by atoms with Gasteiger partial charge >= 0.3 is 0 Å². The fourth-order valence-corrected chi connectivity index (χ4v) is 2.69. The molecule has 0 aliphatic rings. The molecule has 0 bridgehead atoms. The Balaban J connectivity index is 1.78. The molecular formula is C16H16N4O2S. The van der Waals surface area contributed by atoms with Gasteiger partial charge in [0.05, 0.1) is 11.5 Å². The van der Waals surface area contributed by atoms with Gasteiger partial charge in [-0.05, 0) is 30.0 Å². The molecule has 0 amide bonds. The molecular weight excluding hydrogens is 312 g/mol. The Morgan fingerprint density at radius 2 is 2.17 bits per heavy atom. The molecule has 0 spiro atoms. The topological polar surface area (TPSA) is 79.9 Å². The maximum Gasteiger partial charge on any atom is 0.280 e. The molecule has 23 heavy (non-hydrogen) atoms. The zero-order valence-corrected chi connectivity index (χ0v) is 13.4. The Kier molecular flexibility index (Phi) is 4.68. The Morgan fingerprint density at radius 1 is 1.26 bits per heavy atom. The van der Waals surface area contributed by atoms with Crippen molar-refractivity contribution in [3.8, 4) is 16.3 Å². The second-order valence-corrected chi connectivity index (χ2v) is 5.78. The first-order valence-corrected chi connectivity index (χ1v) is 8.15. The Morgan fingerprint density at radius 3 is 2.91 bits per heavy atom. The lowest BCUT2D eigenvalue weighted by Crippen LogP contribution is -2.15. The van der Waals surface area contributed by atoms with Crippen LogP contribution in [0.25, 0.3) is 10.6 Å². The summed E-state index contributed by atoms with van der Waals surface area (Å²) in [7, 11) is 0. The molecule has 0 unspecified atom stereocenters. The third-order valence-corrected chi connectivity index (χ3v) is 3.90. The molecule has 3 aromatic rings. The minimum absolute atomic E-state index is 0.275. The number of H-pyrrole nitrogens is 1. The van der Waals surface area contributed by atoms with E-state index in [-0.39, 0.29) is 5.56 Å². The van der Waals surface area contributed by atoms with Crippen LogP contribution in [0.15, 0.2) is 46.6 Å². The summed E-state index contributed by atoms with van der Waals surface area (Å²) in [6.07, 6.45) is 0.945. The normalized spacial score (nSPS) is 10.5. The molecule has 0 atom stereocenters. The lowest BCUT2D eigenvalue weighted by Gasteiger charge is -2.08.